The van der Waals surface area contributed by atoms with E-state index in [0.717, 1.165) is 18.4 Å². The van der Waals surface area contributed by atoms with Crippen molar-refractivity contribution < 1.29 is 14.6 Å². The van der Waals surface area contributed by atoms with Crippen molar-refractivity contribution in [1.82, 2.24) is 19.4 Å². The lowest BCUT2D eigenvalue weighted by Gasteiger charge is -2.28. The Morgan fingerprint density at radius 1 is 1.31 bits per heavy atom. The van der Waals surface area contributed by atoms with Crippen LogP contribution in [0.3, 0.4) is 0 Å². The van der Waals surface area contributed by atoms with Crippen LogP contribution in [0.2, 0.25) is 5.02 Å². The van der Waals surface area contributed by atoms with Gasteiger partial charge in [0.1, 0.15) is 11.2 Å². The minimum Gasteiger partial charge on any atom is -0.488 e. The van der Waals surface area contributed by atoms with Crippen LogP contribution < -0.4 is 15.6 Å². The molecule has 1 saturated carbocycles. The lowest BCUT2D eigenvalue weighted by Crippen LogP contribution is -2.45. The van der Waals surface area contributed by atoms with E-state index in [1.165, 1.54) is 0 Å². The predicted molar refractivity (Wildman–Crippen MR) is 136 cm³/mol. The number of carbonyl (C=O) groups excluding carboxylic acids is 1. The summed E-state index contributed by atoms with van der Waals surface area (Å²) < 4.78 is 9.32. The first-order valence-corrected chi connectivity index (χ1v) is 12.6. The van der Waals surface area contributed by atoms with E-state index < -0.39 is 6.10 Å². The third-order valence-electron chi connectivity index (χ3n) is 6.48. The molecule has 1 amide bonds. The van der Waals surface area contributed by atoms with Crippen molar-refractivity contribution in [2.24, 2.45) is 7.05 Å². The number of rotatable bonds is 7. The number of fused-ring (bicyclic) bond motifs is 1. The maximum Gasteiger partial charge on any atom is 0.272 e. The zero-order valence-corrected chi connectivity index (χ0v) is 21.4. The first kappa shape index (κ1) is 25.3. The summed E-state index contributed by atoms with van der Waals surface area (Å²) in [6.45, 7) is 5.94. The van der Waals surface area contributed by atoms with Gasteiger partial charge in [0.25, 0.3) is 11.5 Å². The molecule has 1 aromatic carbocycles. The van der Waals surface area contributed by atoms with Gasteiger partial charge in [0.15, 0.2) is 17.1 Å². The number of hydrogen-bond donors (Lipinski definition) is 2. The SMILES string of the molecule is CCc1nc2c(c(OC(C)C)c(C(=O)N[C@H]3CCCC[C@H]3O)n2C)c(=O)n1Cc1cccc(Cl)c1. The van der Waals surface area contributed by atoms with Gasteiger partial charge in [-0.2, -0.15) is 0 Å². The minimum atomic E-state index is -0.586. The Morgan fingerprint density at radius 3 is 2.71 bits per heavy atom. The fraction of sp³-hybridized carbons (Fsp3) is 0.500. The third-order valence-corrected chi connectivity index (χ3v) is 6.72. The summed E-state index contributed by atoms with van der Waals surface area (Å²) in [6, 6.07) is 7.03. The van der Waals surface area contributed by atoms with Gasteiger partial charge in [-0.25, -0.2) is 4.98 Å². The highest BCUT2D eigenvalue weighted by Gasteiger charge is 2.31. The van der Waals surface area contributed by atoms with E-state index in [1.807, 2.05) is 39.0 Å². The molecule has 3 aromatic rings. The van der Waals surface area contributed by atoms with Gasteiger partial charge in [0.05, 0.1) is 24.8 Å². The monoisotopic (exact) mass is 500 g/mol. The molecule has 2 N–H and O–H groups in total. The standard InChI is InChI=1S/C26H33ClN4O4/c1-5-20-29-24-21(26(34)31(20)14-16-9-8-10-17(27)13-16)23(35-15(2)3)22(30(24)4)25(33)28-18-11-6-7-12-19(18)32/h8-10,13,15,18-19,32H,5-7,11-12,14H2,1-4H3,(H,28,33)/t18-,19+/m0/s1. The number of carbonyl (C=O) groups is 1. The second-order valence-corrected chi connectivity index (χ2v) is 9.87. The van der Waals surface area contributed by atoms with Crippen LogP contribution in [-0.2, 0) is 20.0 Å². The van der Waals surface area contributed by atoms with E-state index in [2.05, 4.69) is 5.32 Å². The van der Waals surface area contributed by atoms with Gasteiger partial charge in [-0.15, -0.1) is 0 Å². The molecule has 1 aliphatic rings. The van der Waals surface area contributed by atoms with Gasteiger partial charge in [-0.1, -0.05) is 43.5 Å². The summed E-state index contributed by atoms with van der Waals surface area (Å²) in [7, 11) is 1.72. The second-order valence-electron chi connectivity index (χ2n) is 9.44. The van der Waals surface area contributed by atoms with Crippen LogP contribution in [0.25, 0.3) is 11.0 Å². The van der Waals surface area contributed by atoms with Gasteiger partial charge in [0, 0.05) is 18.5 Å². The molecule has 0 unspecified atom stereocenters. The van der Waals surface area contributed by atoms with Crippen LogP contribution in [-0.4, -0.2) is 43.4 Å². The van der Waals surface area contributed by atoms with Crippen LogP contribution in [0.4, 0.5) is 0 Å². The number of benzene rings is 1. The molecule has 35 heavy (non-hydrogen) atoms. The van der Waals surface area contributed by atoms with Crippen molar-refractivity contribution in [1.29, 1.82) is 0 Å². The van der Waals surface area contributed by atoms with Crippen LogP contribution in [0.5, 0.6) is 5.75 Å². The number of halogens is 1. The number of aliphatic hydroxyl groups excluding tert-OH is 1. The maximum atomic E-state index is 13.9. The maximum absolute atomic E-state index is 13.9. The molecule has 0 saturated heterocycles. The summed E-state index contributed by atoms with van der Waals surface area (Å²) in [6.07, 6.45) is 2.94. The van der Waals surface area contributed by atoms with E-state index >= 15 is 0 Å². The second kappa shape index (κ2) is 10.4. The lowest BCUT2D eigenvalue weighted by molar-refractivity contribution is 0.0708. The average molecular weight is 501 g/mol. The number of nitrogens with one attached hydrogen (secondary N) is 1. The molecule has 1 aliphatic carbocycles. The predicted octanol–water partition coefficient (Wildman–Crippen LogP) is 3.82. The molecule has 0 spiro atoms. The van der Waals surface area contributed by atoms with E-state index in [0.29, 0.717) is 42.3 Å². The zero-order chi connectivity index (χ0) is 25.3. The minimum absolute atomic E-state index is 0.222. The quantitative estimate of drug-likeness (QED) is 0.514. The zero-order valence-electron chi connectivity index (χ0n) is 20.7. The number of aromatic nitrogens is 3. The molecule has 2 atom stereocenters. The van der Waals surface area contributed by atoms with Crippen molar-refractivity contribution in [2.75, 3.05) is 0 Å². The molecular formula is C26H33ClN4O4. The van der Waals surface area contributed by atoms with Gasteiger partial charge < -0.3 is 19.7 Å². The molecule has 9 heteroatoms. The Bertz CT molecular complexity index is 1300. The highest BCUT2D eigenvalue weighted by Crippen LogP contribution is 2.31. The molecule has 4 rings (SSSR count). The molecule has 188 valence electrons. The Morgan fingerprint density at radius 2 is 2.06 bits per heavy atom. The molecule has 0 bridgehead atoms. The Balaban J connectivity index is 1.86. The number of aryl methyl sites for hydroxylation is 2. The largest absolute Gasteiger partial charge is 0.488 e. The molecular weight excluding hydrogens is 468 g/mol. The number of ether oxygens (including phenoxy) is 1. The summed E-state index contributed by atoms with van der Waals surface area (Å²) in [5.41, 5.74) is 1.25. The smallest absolute Gasteiger partial charge is 0.272 e. The van der Waals surface area contributed by atoms with Crippen LogP contribution in [0, 0.1) is 0 Å². The van der Waals surface area contributed by atoms with Crippen LogP contribution >= 0.6 is 11.6 Å². The van der Waals surface area contributed by atoms with Crippen molar-refractivity contribution >= 4 is 28.5 Å². The summed E-state index contributed by atoms with van der Waals surface area (Å²) in [4.78, 5) is 32.1. The van der Waals surface area contributed by atoms with E-state index in [9.17, 15) is 14.7 Å². The molecule has 0 aliphatic heterocycles. The summed E-state index contributed by atoms with van der Waals surface area (Å²) >= 11 is 6.16. The van der Waals surface area contributed by atoms with Crippen molar-refractivity contribution in [2.45, 2.75) is 77.7 Å². The average Bonchev–Trinajstić information content (AvgIpc) is 3.07. The fourth-order valence-corrected chi connectivity index (χ4v) is 4.99. The molecule has 2 aromatic heterocycles. The number of amides is 1. The van der Waals surface area contributed by atoms with Crippen molar-refractivity contribution in [3.05, 3.63) is 56.7 Å². The molecule has 0 radical (unpaired) electrons. The van der Waals surface area contributed by atoms with Crippen LogP contribution in [0.1, 0.15) is 68.3 Å². The van der Waals surface area contributed by atoms with E-state index in [4.69, 9.17) is 21.3 Å². The molecule has 1 fully saturated rings. The Hall–Kier alpha value is -2.84. The number of aliphatic hydroxyl groups is 1. The first-order chi connectivity index (χ1) is 16.7. The molecule has 8 nitrogen and oxygen atoms in total. The van der Waals surface area contributed by atoms with Gasteiger partial charge in [-0.05, 0) is 44.4 Å². The fourth-order valence-electron chi connectivity index (χ4n) is 4.78. The molecule has 2 heterocycles. The summed E-state index contributed by atoms with van der Waals surface area (Å²) in [5.74, 6) is 0.445. The number of nitrogens with zero attached hydrogens (tertiary/aromatic N) is 3. The van der Waals surface area contributed by atoms with Gasteiger partial charge >= 0.3 is 0 Å². The summed E-state index contributed by atoms with van der Waals surface area (Å²) in [5, 5.41) is 14.2. The Kier molecular flexibility index (Phi) is 7.52. The van der Waals surface area contributed by atoms with Gasteiger partial charge in [-0.3, -0.25) is 14.2 Å². The topological polar surface area (TPSA) is 98.4 Å². The van der Waals surface area contributed by atoms with E-state index in [-0.39, 0.29) is 40.4 Å². The van der Waals surface area contributed by atoms with Crippen molar-refractivity contribution in [3.63, 3.8) is 0 Å². The first-order valence-electron chi connectivity index (χ1n) is 12.2. The number of hydrogen-bond acceptors (Lipinski definition) is 5. The van der Waals surface area contributed by atoms with Gasteiger partial charge in [0.2, 0.25) is 0 Å². The van der Waals surface area contributed by atoms with Crippen LogP contribution in [0.15, 0.2) is 29.1 Å². The third kappa shape index (κ3) is 5.09. The normalized spacial score (nSPS) is 18.3. The van der Waals surface area contributed by atoms with E-state index in [1.54, 1.807) is 22.2 Å². The highest BCUT2D eigenvalue weighted by atomic mass is 35.5. The Labute approximate surface area is 209 Å². The lowest BCUT2D eigenvalue weighted by atomic mass is 9.92. The highest BCUT2D eigenvalue weighted by molar-refractivity contribution is 6.30. The van der Waals surface area contributed by atoms with Crippen molar-refractivity contribution in [3.8, 4) is 5.75 Å².